The number of hydrogen-bond acceptors (Lipinski definition) is 3. The monoisotopic (exact) mass is 266 g/mol. The van der Waals surface area contributed by atoms with E-state index in [9.17, 15) is 4.79 Å². The first-order chi connectivity index (χ1) is 8.75. The SMILES string of the molecule is Cc1ccsc1CNCC(=O)NC1CCCCC1. The van der Waals surface area contributed by atoms with Gasteiger partial charge in [0, 0.05) is 17.5 Å². The van der Waals surface area contributed by atoms with Gasteiger partial charge in [-0.25, -0.2) is 0 Å². The number of carbonyl (C=O) groups is 1. The molecule has 2 rings (SSSR count). The zero-order valence-corrected chi connectivity index (χ0v) is 11.8. The molecule has 1 aromatic heterocycles. The number of carbonyl (C=O) groups excluding carboxylic acids is 1. The number of amides is 1. The average molecular weight is 266 g/mol. The molecule has 1 amide bonds. The molecule has 0 aliphatic heterocycles. The molecule has 100 valence electrons. The van der Waals surface area contributed by atoms with Crippen LogP contribution >= 0.6 is 11.3 Å². The lowest BCUT2D eigenvalue weighted by molar-refractivity contribution is -0.121. The number of rotatable bonds is 5. The first-order valence-corrected chi connectivity index (χ1v) is 7.66. The first kappa shape index (κ1) is 13.6. The average Bonchev–Trinajstić information content (AvgIpc) is 2.76. The maximum absolute atomic E-state index is 11.8. The summed E-state index contributed by atoms with van der Waals surface area (Å²) in [6, 6.07) is 2.53. The Morgan fingerprint density at radius 3 is 2.83 bits per heavy atom. The minimum Gasteiger partial charge on any atom is -0.352 e. The van der Waals surface area contributed by atoms with Crippen LogP contribution in [0.15, 0.2) is 11.4 Å². The van der Waals surface area contributed by atoms with Gasteiger partial charge < -0.3 is 10.6 Å². The van der Waals surface area contributed by atoms with Gasteiger partial charge in [-0.2, -0.15) is 0 Å². The highest BCUT2D eigenvalue weighted by Crippen LogP contribution is 2.17. The fourth-order valence-electron chi connectivity index (χ4n) is 2.40. The smallest absolute Gasteiger partial charge is 0.234 e. The van der Waals surface area contributed by atoms with Gasteiger partial charge in [0.1, 0.15) is 0 Å². The van der Waals surface area contributed by atoms with Crippen LogP contribution in [0.5, 0.6) is 0 Å². The zero-order chi connectivity index (χ0) is 12.8. The van der Waals surface area contributed by atoms with Crippen LogP contribution in [-0.2, 0) is 11.3 Å². The Morgan fingerprint density at radius 1 is 1.39 bits per heavy atom. The molecule has 1 aliphatic carbocycles. The van der Waals surface area contributed by atoms with Gasteiger partial charge in [0.25, 0.3) is 0 Å². The van der Waals surface area contributed by atoms with Crippen LogP contribution in [0.2, 0.25) is 0 Å². The van der Waals surface area contributed by atoms with Crippen LogP contribution in [0.25, 0.3) is 0 Å². The van der Waals surface area contributed by atoms with E-state index in [1.807, 2.05) is 0 Å². The van der Waals surface area contributed by atoms with E-state index in [1.54, 1.807) is 11.3 Å². The molecule has 2 N–H and O–H groups in total. The molecular weight excluding hydrogens is 244 g/mol. The van der Waals surface area contributed by atoms with Gasteiger partial charge in [-0.1, -0.05) is 19.3 Å². The summed E-state index contributed by atoms with van der Waals surface area (Å²) in [6.07, 6.45) is 6.13. The van der Waals surface area contributed by atoms with Crippen LogP contribution in [0.4, 0.5) is 0 Å². The minimum atomic E-state index is 0.135. The summed E-state index contributed by atoms with van der Waals surface area (Å²) < 4.78 is 0. The third-order valence-corrected chi connectivity index (χ3v) is 4.53. The molecule has 0 atom stereocenters. The van der Waals surface area contributed by atoms with E-state index < -0.39 is 0 Å². The van der Waals surface area contributed by atoms with Gasteiger partial charge >= 0.3 is 0 Å². The van der Waals surface area contributed by atoms with Gasteiger partial charge in [0.2, 0.25) is 5.91 Å². The van der Waals surface area contributed by atoms with Crippen molar-refractivity contribution in [3.8, 4) is 0 Å². The molecular formula is C14H22N2OS. The molecule has 1 heterocycles. The maximum Gasteiger partial charge on any atom is 0.234 e. The summed E-state index contributed by atoms with van der Waals surface area (Å²) in [6.45, 7) is 3.32. The molecule has 0 radical (unpaired) electrons. The highest BCUT2D eigenvalue weighted by atomic mass is 32.1. The van der Waals surface area contributed by atoms with E-state index in [0.29, 0.717) is 12.6 Å². The van der Waals surface area contributed by atoms with Crippen molar-refractivity contribution in [2.45, 2.75) is 51.6 Å². The number of aryl methyl sites for hydroxylation is 1. The van der Waals surface area contributed by atoms with Crippen LogP contribution in [-0.4, -0.2) is 18.5 Å². The minimum absolute atomic E-state index is 0.135. The molecule has 0 spiro atoms. The highest BCUT2D eigenvalue weighted by Gasteiger charge is 2.15. The summed E-state index contributed by atoms with van der Waals surface area (Å²) >= 11 is 1.74. The number of nitrogens with one attached hydrogen (secondary N) is 2. The Labute approximate surface area is 113 Å². The Balaban J connectivity index is 1.64. The van der Waals surface area contributed by atoms with Crippen molar-refractivity contribution in [1.29, 1.82) is 0 Å². The first-order valence-electron chi connectivity index (χ1n) is 6.79. The normalized spacial score (nSPS) is 16.7. The molecule has 18 heavy (non-hydrogen) atoms. The standard InChI is InChI=1S/C14H22N2OS/c1-11-7-8-18-13(11)9-15-10-14(17)16-12-5-3-2-4-6-12/h7-8,12,15H,2-6,9-10H2,1H3,(H,16,17). The van der Waals surface area contributed by atoms with E-state index >= 15 is 0 Å². The van der Waals surface area contributed by atoms with Crippen molar-refractivity contribution in [3.05, 3.63) is 21.9 Å². The Hall–Kier alpha value is -0.870. The Morgan fingerprint density at radius 2 is 2.17 bits per heavy atom. The van der Waals surface area contributed by atoms with Gasteiger partial charge in [0.15, 0.2) is 0 Å². The predicted octanol–water partition coefficient (Wildman–Crippen LogP) is 2.60. The third kappa shape index (κ3) is 4.10. The molecule has 0 unspecified atom stereocenters. The van der Waals surface area contributed by atoms with E-state index in [2.05, 4.69) is 29.0 Å². The van der Waals surface area contributed by atoms with Crippen molar-refractivity contribution in [1.82, 2.24) is 10.6 Å². The van der Waals surface area contributed by atoms with E-state index in [0.717, 1.165) is 19.4 Å². The van der Waals surface area contributed by atoms with Crippen molar-refractivity contribution >= 4 is 17.2 Å². The van der Waals surface area contributed by atoms with Crippen LogP contribution < -0.4 is 10.6 Å². The number of hydrogen-bond donors (Lipinski definition) is 2. The summed E-state index contributed by atoms with van der Waals surface area (Å²) in [5, 5.41) is 8.42. The van der Waals surface area contributed by atoms with Crippen molar-refractivity contribution in [2.75, 3.05) is 6.54 Å². The summed E-state index contributed by atoms with van der Waals surface area (Å²) in [5.41, 5.74) is 1.31. The lowest BCUT2D eigenvalue weighted by Crippen LogP contribution is -2.41. The largest absolute Gasteiger partial charge is 0.352 e. The topological polar surface area (TPSA) is 41.1 Å². The number of thiophene rings is 1. The van der Waals surface area contributed by atoms with Crippen LogP contribution in [0.3, 0.4) is 0 Å². The highest BCUT2D eigenvalue weighted by molar-refractivity contribution is 7.10. The second kappa shape index (κ2) is 6.90. The van der Waals surface area contributed by atoms with Crippen molar-refractivity contribution in [3.63, 3.8) is 0 Å². The molecule has 1 saturated carbocycles. The quantitative estimate of drug-likeness (QED) is 0.860. The second-order valence-corrected chi connectivity index (χ2v) is 6.03. The van der Waals surface area contributed by atoms with E-state index in [-0.39, 0.29) is 5.91 Å². The van der Waals surface area contributed by atoms with Crippen molar-refractivity contribution < 1.29 is 4.79 Å². The molecule has 4 heteroatoms. The molecule has 1 aliphatic rings. The fraction of sp³-hybridized carbons (Fsp3) is 0.643. The van der Waals surface area contributed by atoms with Gasteiger partial charge in [-0.15, -0.1) is 11.3 Å². The molecule has 1 fully saturated rings. The van der Waals surface area contributed by atoms with Crippen LogP contribution in [0, 0.1) is 6.92 Å². The van der Waals surface area contributed by atoms with E-state index in [4.69, 9.17) is 0 Å². The Kier molecular flexibility index (Phi) is 5.20. The van der Waals surface area contributed by atoms with Gasteiger partial charge in [-0.05, 0) is 36.8 Å². The fourth-order valence-corrected chi connectivity index (χ4v) is 3.28. The second-order valence-electron chi connectivity index (χ2n) is 5.03. The zero-order valence-electron chi connectivity index (χ0n) is 11.0. The van der Waals surface area contributed by atoms with Crippen molar-refractivity contribution in [2.24, 2.45) is 0 Å². The summed E-state index contributed by atoms with van der Waals surface area (Å²) in [4.78, 5) is 13.1. The summed E-state index contributed by atoms with van der Waals surface area (Å²) in [5.74, 6) is 0.135. The molecule has 0 saturated heterocycles. The lowest BCUT2D eigenvalue weighted by Gasteiger charge is -2.22. The Bertz CT molecular complexity index is 383. The third-order valence-electron chi connectivity index (χ3n) is 3.51. The molecule has 1 aromatic rings. The summed E-state index contributed by atoms with van der Waals surface area (Å²) in [7, 11) is 0. The van der Waals surface area contributed by atoms with Crippen LogP contribution in [0.1, 0.15) is 42.5 Å². The lowest BCUT2D eigenvalue weighted by atomic mass is 9.95. The predicted molar refractivity (Wildman–Crippen MR) is 75.8 cm³/mol. The van der Waals surface area contributed by atoms with Gasteiger partial charge in [-0.3, -0.25) is 4.79 Å². The van der Waals surface area contributed by atoms with Gasteiger partial charge in [0.05, 0.1) is 6.54 Å². The molecule has 0 bridgehead atoms. The maximum atomic E-state index is 11.8. The molecule has 3 nitrogen and oxygen atoms in total. The van der Waals surface area contributed by atoms with E-state index in [1.165, 1.54) is 29.7 Å². The molecule has 0 aromatic carbocycles.